The van der Waals surface area contributed by atoms with Gasteiger partial charge in [0.15, 0.2) is 0 Å². The number of ether oxygens (including phenoxy) is 1. The molecule has 1 aromatic carbocycles. The summed E-state index contributed by atoms with van der Waals surface area (Å²) in [5.74, 6) is 2.32. The first-order valence-electron chi connectivity index (χ1n) is 9.01. The first kappa shape index (κ1) is 16.8. The van der Waals surface area contributed by atoms with Crippen LogP contribution in [-0.4, -0.2) is 39.7 Å². The van der Waals surface area contributed by atoms with Crippen LogP contribution in [0.1, 0.15) is 35.0 Å². The first-order valence-corrected chi connectivity index (χ1v) is 9.01. The average molecular weight is 352 g/mol. The van der Waals surface area contributed by atoms with E-state index in [-0.39, 0.29) is 0 Å². The third-order valence-corrected chi connectivity index (χ3v) is 5.01. The van der Waals surface area contributed by atoms with E-state index in [1.54, 1.807) is 0 Å². The van der Waals surface area contributed by atoms with Crippen molar-refractivity contribution in [2.45, 2.75) is 32.6 Å². The fraction of sp³-hybridized carbons (Fsp3) is 0.421. The van der Waals surface area contributed by atoms with E-state index in [0.29, 0.717) is 18.5 Å². The number of nitrogens with two attached hydrogens (primary N) is 1. The van der Waals surface area contributed by atoms with E-state index in [1.807, 2.05) is 6.07 Å². The molecule has 136 valence electrons. The highest BCUT2D eigenvalue weighted by Crippen LogP contribution is 2.25. The number of H-pyrrole nitrogens is 1. The maximum atomic E-state index is 5.87. The summed E-state index contributed by atoms with van der Waals surface area (Å²) in [6.07, 6.45) is 1.76. The molecule has 1 aliphatic rings. The lowest BCUT2D eigenvalue weighted by Gasteiger charge is -2.11. The summed E-state index contributed by atoms with van der Waals surface area (Å²) in [6, 6.07) is 6.18. The summed E-state index contributed by atoms with van der Waals surface area (Å²) < 4.78 is 5.44. The Labute approximate surface area is 152 Å². The van der Waals surface area contributed by atoms with Gasteiger partial charge in [0.2, 0.25) is 5.95 Å². The number of anilines is 2. The molecule has 1 aliphatic heterocycles. The molecular formula is C19H24N6O. The Morgan fingerprint density at radius 1 is 1.27 bits per heavy atom. The van der Waals surface area contributed by atoms with Crippen molar-refractivity contribution in [2.75, 3.05) is 30.8 Å². The Balaban J connectivity index is 1.44. The van der Waals surface area contributed by atoms with Gasteiger partial charge in [-0.25, -0.2) is 9.97 Å². The molecule has 1 saturated heterocycles. The van der Waals surface area contributed by atoms with Crippen molar-refractivity contribution < 1.29 is 4.74 Å². The van der Waals surface area contributed by atoms with Crippen molar-refractivity contribution in [1.29, 1.82) is 0 Å². The van der Waals surface area contributed by atoms with Crippen LogP contribution in [0.2, 0.25) is 0 Å². The van der Waals surface area contributed by atoms with Gasteiger partial charge in [0, 0.05) is 31.6 Å². The second-order valence-electron chi connectivity index (χ2n) is 6.86. The van der Waals surface area contributed by atoms with Crippen LogP contribution in [0.5, 0.6) is 0 Å². The number of hydrogen-bond donors (Lipinski definition) is 3. The Morgan fingerprint density at radius 2 is 2.15 bits per heavy atom. The number of hydrogen-bond acceptors (Lipinski definition) is 6. The normalized spacial score (nSPS) is 17.1. The Hall–Kier alpha value is -2.67. The number of aryl methyl sites for hydroxylation is 2. The molecule has 1 fully saturated rings. The molecule has 4 N–H and O–H groups in total. The minimum atomic E-state index is 0.298. The molecule has 3 aromatic rings. The first-order chi connectivity index (χ1) is 12.6. The Morgan fingerprint density at radius 3 is 2.96 bits per heavy atom. The standard InChI is InChI=1S/C19H24N6O/c1-11-3-4-14-18(12(11)2)24-16(22-14)5-7-21-17-9-15(23-19(20)25-17)13-6-8-26-10-13/h3-4,9,13H,5-8,10H2,1-2H3,(H,22,24)(H3,20,21,23,25)/t13-/m0/s1. The predicted molar refractivity (Wildman–Crippen MR) is 102 cm³/mol. The van der Waals surface area contributed by atoms with Gasteiger partial charge in [-0.1, -0.05) is 6.07 Å². The van der Waals surface area contributed by atoms with Gasteiger partial charge in [-0.2, -0.15) is 4.98 Å². The van der Waals surface area contributed by atoms with Crippen LogP contribution < -0.4 is 11.1 Å². The van der Waals surface area contributed by atoms with Crippen LogP contribution in [-0.2, 0) is 11.2 Å². The second kappa shape index (κ2) is 6.92. The fourth-order valence-corrected chi connectivity index (χ4v) is 3.34. The van der Waals surface area contributed by atoms with Gasteiger partial charge in [-0.3, -0.25) is 0 Å². The molecule has 0 spiro atoms. The molecule has 7 heteroatoms. The van der Waals surface area contributed by atoms with Crippen LogP contribution in [0.25, 0.3) is 11.0 Å². The highest BCUT2D eigenvalue weighted by molar-refractivity contribution is 5.79. The van der Waals surface area contributed by atoms with Gasteiger partial charge in [0.25, 0.3) is 0 Å². The molecule has 1 atom stereocenters. The number of nitrogen functional groups attached to an aromatic ring is 1. The molecule has 0 aliphatic carbocycles. The lowest BCUT2D eigenvalue weighted by molar-refractivity contribution is 0.193. The molecule has 26 heavy (non-hydrogen) atoms. The van der Waals surface area contributed by atoms with Gasteiger partial charge >= 0.3 is 0 Å². The quantitative estimate of drug-likeness (QED) is 0.652. The van der Waals surface area contributed by atoms with Crippen molar-refractivity contribution in [3.05, 3.63) is 40.8 Å². The van der Waals surface area contributed by atoms with Crippen LogP contribution in [0.4, 0.5) is 11.8 Å². The zero-order valence-corrected chi connectivity index (χ0v) is 15.2. The predicted octanol–water partition coefficient (Wildman–Crippen LogP) is 2.71. The molecule has 0 amide bonds. The van der Waals surface area contributed by atoms with Crippen molar-refractivity contribution in [3.8, 4) is 0 Å². The van der Waals surface area contributed by atoms with Gasteiger partial charge in [0.05, 0.1) is 23.3 Å². The molecule has 0 saturated carbocycles. The van der Waals surface area contributed by atoms with E-state index in [2.05, 4.69) is 46.2 Å². The third kappa shape index (κ3) is 3.35. The van der Waals surface area contributed by atoms with E-state index in [1.165, 1.54) is 11.1 Å². The average Bonchev–Trinajstić information content (AvgIpc) is 3.28. The summed E-state index contributed by atoms with van der Waals surface area (Å²) in [5, 5.41) is 3.34. The second-order valence-corrected chi connectivity index (χ2v) is 6.86. The number of imidazole rings is 1. The number of nitrogens with one attached hydrogen (secondary N) is 2. The molecule has 0 bridgehead atoms. The van der Waals surface area contributed by atoms with E-state index < -0.39 is 0 Å². The number of nitrogens with zero attached hydrogens (tertiary/aromatic N) is 3. The van der Waals surface area contributed by atoms with Crippen LogP contribution in [0.15, 0.2) is 18.2 Å². The Kier molecular flexibility index (Phi) is 4.46. The molecule has 0 unspecified atom stereocenters. The number of benzene rings is 1. The SMILES string of the molecule is Cc1ccc2[nH]c(CCNc3cc([C@H]4CCOC4)nc(N)n3)nc2c1C. The van der Waals surface area contributed by atoms with E-state index in [0.717, 1.165) is 54.4 Å². The molecule has 7 nitrogen and oxygen atoms in total. The highest BCUT2D eigenvalue weighted by atomic mass is 16.5. The Bertz CT molecular complexity index is 929. The smallest absolute Gasteiger partial charge is 0.222 e. The number of rotatable bonds is 5. The van der Waals surface area contributed by atoms with Crippen molar-refractivity contribution in [1.82, 2.24) is 19.9 Å². The van der Waals surface area contributed by atoms with Gasteiger partial charge in [-0.15, -0.1) is 0 Å². The largest absolute Gasteiger partial charge is 0.381 e. The topological polar surface area (TPSA) is 102 Å². The van der Waals surface area contributed by atoms with Crippen LogP contribution >= 0.6 is 0 Å². The highest BCUT2D eigenvalue weighted by Gasteiger charge is 2.20. The van der Waals surface area contributed by atoms with E-state index >= 15 is 0 Å². The van der Waals surface area contributed by atoms with Gasteiger partial charge < -0.3 is 20.8 Å². The molecule has 4 rings (SSSR count). The lowest BCUT2D eigenvalue weighted by Crippen LogP contribution is -2.11. The lowest BCUT2D eigenvalue weighted by atomic mass is 10.0. The van der Waals surface area contributed by atoms with Gasteiger partial charge in [-0.05, 0) is 37.5 Å². The summed E-state index contributed by atoms with van der Waals surface area (Å²) in [5.41, 5.74) is 11.4. The third-order valence-electron chi connectivity index (χ3n) is 5.01. The summed E-state index contributed by atoms with van der Waals surface area (Å²) in [7, 11) is 0. The zero-order chi connectivity index (χ0) is 18.1. The summed E-state index contributed by atoms with van der Waals surface area (Å²) in [6.45, 7) is 6.42. The fourth-order valence-electron chi connectivity index (χ4n) is 3.34. The van der Waals surface area contributed by atoms with Crippen LogP contribution in [0, 0.1) is 13.8 Å². The monoisotopic (exact) mass is 352 g/mol. The van der Waals surface area contributed by atoms with Crippen LogP contribution in [0.3, 0.4) is 0 Å². The molecule has 3 heterocycles. The number of aromatic nitrogens is 4. The van der Waals surface area contributed by atoms with Crippen molar-refractivity contribution in [3.63, 3.8) is 0 Å². The molecule has 0 radical (unpaired) electrons. The maximum absolute atomic E-state index is 5.87. The van der Waals surface area contributed by atoms with Gasteiger partial charge in [0.1, 0.15) is 11.6 Å². The van der Waals surface area contributed by atoms with Crippen molar-refractivity contribution in [2.24, 2.45) is 0 Å². The minimum Gasteiger partial charge on any atom is -0.381 e. The molecular weight excluding hydrogens is 328 g/mol. The van der Waals surface area contributed by atoms with E-state index in [9.17, 15) is 0 Å². The maximum Gasteiger partial charge on any atom is 0.222 e. The van der Waals surface area contributed by atoms with Crippen molar-refractivity contribution >= 4 is 22.8 Å². The number of aromatic amines is 1. The van der Waals surface area contributed by atoms with E-state index in [4.69, 9.17) is 15.5 Å². The zero-order valence-electron chi connectivity index (χ0n) is 15.2. The summed E-state index contributed by atoms with van der Waals surface area (Å²) in [4.78, 5) is 16.8. The minimum absolute atomic E-state index is 0.298. The number of fused-ring (bicyclic) bond motifs is 1. The summed E-state index contributed by atoms with van der Waals surface area (Å²) >= 11 is 0. The molecule has 2 aromatic heterocycles.